The number of pyridine rings is 1. The maximum absolute atomic E-state index is 12.5. The van der Waals surface area contributed by atoms with Gasteiger partial charge >= 0.3 is 12.1 Å². The fourth-order valence-corrected chi connectivity index (χ4v) is 1.79. The molecule has 1 unspecified atom stereocenters. The van der Waals surface area contributed by atoms with Gasteiger partial charge in [-0.15, -0.1) is 0 Å². The van der Waals surface area contributed by atoms with Gasteiger partial charge in [-0.05, 0) is 30.3 Å². The number of aromatic nitrogens is 1. The van der Waals surface area contributed by atoms with Gasteiger partial charge in [-0.3, -0.25) is 0 Å². The van der Waals surface area contributed by atoms with Gasteiger partial charge in [0.1, 0.15) is 11.5 Å². The molecule has 1 atom stereocenters. The number of halogens is 3. The van der Waals surface area contributed by atoms with Gasteiger partial charge in [0.15, 0.2) is 0 Å². The Bertz CT molecular complexity index is 701. The Morgan fingerprint density at radius 1 is 1.16 bits per heavy atom. The number of carbonyl (C=O) groups is 1. The van der Waals surface area contributed by atoms with Crippen LogP contribution in [0.1, 0.15) is 5.56 Å². The Morgan fingerprint density at radius 3 is 2.28 bits per heavy atom. The molecule has 2 rings (SSSR count). The third-order valence-electron chi connectivity index (χ3n) is 2.98. The molecule has 25 heavy (non-hydrogen) atoms. The summed E-state index contributed by atoms with van der Waals surface area (Å²) in [6.45, 7) is -0.122. The number of carboxylic acids is 1. The highest BCUT2D eigenvalue weighted by molar-refractivity contribution is 5.72. The highest BCUT2D eigenvalue weighted by Gasteiger charge is 2.30. The molecule has 134 valence electrons. The van der Waals surface area contributed by atoms with E-state index in [1.165, 1.54) is 31.4 Å². The molecule has 0 saturated carbocycles. The molecule has 2 aromatic rings. The van der Waals surface area contributed by atoms with Crippen LogP contribution in [-0.2, 0) is 15.7 Å². The van der Waals surface area contributed by atoms with Crippen molar-refractivity contribution >= 4 is 5.97 Å². The molecule has 1 aromatic carbocycles. The second-order valence-electron chi connectivity index (χ2n) is 4.86. The zero-order chi connectivity index (χ0) is 18.4. The predicted octanol–water partition coefficient (Wildman–Crippen LogP) is 3.37. The van der Waals surface area contributed by atoms with Crippen LogP contribution in [0.25, 0.3) is 0 Å². The smallest absolute Gasteiger partial charge is 0.417 e. The van der Waals surface area contributed by atoms with Crippen LogP contribution in [0.2, 0.25) is 0 Å². The number of carboxylic acid groups (broad SMARTS) is 1. The van der Waals surface area contributed by atoms with Crippen molar-refractivity contribution in [2.75, 3.05) is 13.7 Å². The van der Waals surface area contributed by atoms with Crippen LogP contribution in [0.15, 0.2) is 42.6 Å². The molecule has 0 bridgehead atoms. The lowest BCUT2D eigenvalue weighted by Crippen LogP contribution is -2.31. The maximum Gasteiger partial charge on any atom is 0.417 e. The Labute approximate surface area is 140 Å². The Balaban J connectivity index is 2.01. The minimum Gasteiger partial charge on any atom is -0.478 e. The second kappa shape index (κ2) is 7.84. The summed E-state index contributed by atoms with van der Waals surface area (Å²) < 4.78 is 52.7. The molecule has 1 heterocycles. The van der Waals surface area contributed by atoms with Crippen LogP contribution in [0.5, 0.6) is 17.4 Å². The first-order chi connectivity index (χ1) is 11.8. The number of ether oxygens (including phenoxy) is 3. The average molecular weight is 357 g/mol. The zero-order valence-electron chi connectivity index (χ0n) is 13.0. The van der Waals surface area contributed by atoms with Gasteiger partial charge in [-0.2, -0.15) is 13.2 Å². The van der Waals surface area contributed by atoms with Crippen molar-refractivity contribution < 1.29 is 37.3 Å². The number of nitrogens with zero attached hydrogens (tertiary/aromatic N) is 1. The highest BCUT2D eigenvalue weighted by Crippen LogP contribution is 2.30. The summed E-state index contributed by atoms with van der Waals surface area (Å²) in [5, 5.41) is 8.98. The first kappa shape index (κ1) is 18.5. The summed E-state index contributed by atoms with van der Waals surface area (Å²) in [7, 11) is 1.35. The molecule has 0 aliphatic heterocycles. The fraction of sp³-hybridized carbons (Fsp3) is 0.250. The monoisotopic (exact) mass is 357 g/mol. The van der Waals surface area contributed by atoms with Crippen molar-refractivity contribution in [3.05, 3.63) is 48.2 Å². The van der Waals surface area contributed by atoms with Crippen LogP contribution >= 0.6 is 0 Å². The molecule has 0 amide bonds. The molecular formula is C16H14F3NO5. The van der Waals surface area contributed by atoms with E-state index in [2.05, 4.69) is 4.98 Å². The SMILES string of the molecule is COCC(Oc1ccc(Oc2ccc(C(F)(F)F)cn2)cc1)C(=O)O. The molecule has 0 spiro atoms. The van der Waals surface area contributed by atoms with Gasteiger partial charge in [0.25, 0.3) is 0 Å². The van der Waals surface area contributed by atoms with E-state index in [-0.39, 0.29) is 18.2 Å². The van der Waals surface area contributed by atoms with Crippen molar-refractivity contribution in [1.29, 1.82) is 0 Å². The van der Waals surface area contributed by atoms with Gasteiger partial charge in [-0.25, -0.2) is 9.78 Å². The number of benzene rings is 1. The quantitative estimate of drug-likeness (QED) is 0.819. The van der Waals surface area contributed by atoms with E-state index in [4.69, 9.17) is 19.3 Å². The van der Waals surface area contributed by atoms with Crippen molar-refractivity contribution in [1.82, 2.24) is 4.98 Å². The number of methoxy groups -OCH3 is 1. The van der Waals surface area contributed by atoms with E-state index in [1.54, 1.807) is 0 Å². The van der Waals surface area contributed by atoms with Gasteiger partial charge in [0.05, 0.1) is 12.2 Å². The van der Waals surface area contributed by atoms with Crippen LogP contribution in [0.3, 0.4) is 0 Å². The average Bonchev–Trinajstić information content (AvgIpc) is 2.56. The summed E-state index contributed by atoms with van der Waals surface area (Å²) in [4.78, 5) is 14.6. The van der Waals surface area contributed by atoms with Crippen LogP contribution < -0.4 is 9.47 Å². The number of alkyl halides is 3. The first-order valence-corrected chi connectivity index (χ1v) is 6.99. The fourth-order valence-electron chi connectivity index (χ4n) is 1.79. The molecule has 6 nitrogen and oxygen atoms in total. The van der Waals surface area contributed by atoms with E-state index in [0.717, 1.165) is 12.1 Å². The lowest BCUT2D eigenvalue weighted by Gasteiger charge is -2.14. The Kier molecular flexibility index (Phi) is 5.81. The molecule has 9 heteroatoms. The normalized spacial score (nSPS) is 12.5. The van der Waals surface area contributed by atoms with E-state index < -0.39 is 23.8 Å². The molecule has 1 N–H and O–H groups in total. The minimum atomic E-state index is -4.46. The number of aliphatic carboxylic acids is 1. The molecule has 1 aromatic heterocycles. The van der Waals surface area contributed by atoms with E-state index in [1.807, 2.05) is 0 Å². The summed E-state index contributed by atoms with van der Waals surface area (Å²) in [5.41, 5.74) is -0.874. The Morgan fingerprint density at radius 2 is 1.80 bits per heavy atom. The third kappa shape index (κ3) is 5.35. The van der Waals surface area contributed by atoms with Gasteiger partial charge < -0.3 is 19.3 Å². The minimum absolute atomic E-state index is 0.00976. The number of hydrogen-bond donors (Lipinski definition) is 1. The maximum atomic E-state index is 12.5. The summed E-state index contributed by atoms with van der Waals surface area (Å²) >= 11 is 0. The van der Waals surface area contributed by atoms with E-state index in [9.17, 15) is 18.0 Å². The predicted molar refractivity (Wildman–Crippen MR) is 79.7 cm³/mol. The van der Waals surface area contributed by atoms with Crippen LogP contribution in [0.4, 0.5) is 13.2 Å². The molecule has 0 aliphatic rings. The van der Waals surface area contributed by atoms with Gasteiger partial charge in [0, 0.05) is 19.4 Å². The summed E-state index contributed by atoms with van der Waals surface area (Å²) in [5.74, 6) is -0.601. The topological polar surface area (TPSA) is 77.9 Å². The molecule has 0 saturated heterocycles. The van der Waals surface area contributed by atoms with Crippen LogP contribution in [-0.4, -0.2) is 35.9 Å². The second-order valence-corrected chi connectivity index (χ2v) is 4.86. The molecule has 0 fully saturated rings. The largest absolute Gasteiger partial charge is 0.478 e. The summed E-state index contributed by atoms with van der Waals surface area (Å²) in [6.07, 6.45) is -4.95. The van der Waals surface area contributed by atoms with Crippen molar-refractivity contribution in [2.45, 2.75) is 12.3 Å². The first-order valence-electron chi connectivity index (χ1n) is 6.99. The lowest BCUT2D eigenvalue weighted by atomic mass is 10.3. The van der Waals surface area contributed by atoms with Crippen molar-refractivity contribution in [2.24, 2.45) is 0 Å². The molecular weight excluding hydrogens is 343 g/mol. The standard InChI is InChI=1S/C16H14F3NO5/c1-23-9-13(15(21)22)24-11-3-5-12(6-4-11)25-14-7-2-10(8-20-14)16(17,18)19/h2-8,13H,9H2,1H3,(H,21,22). The number of rotatable bonds is 7. The van der Waals surface area contributed by atoms with E-state index >= 15 is 0 Å². The van der Waals surface area contributed by atoms with Crippen molar-refractivity contribution in [3.8, 4) is 17.4 Å². The van der Waals surface area contributed by atoms with Crippen molar-refractivity contribution in [3.63, 3.8) is 0 Å². The van der Waals surface area contributed by atoms with Gasteiger partial charge in [-0.1, -0.05) is 0 Å². The Hall–Kier alpha value is -2.81. The number of hydrogen-bond acceptors (Lipinski definition) is 5. The highest BCUT2D eigenvalue weighted by atomic mass is 19.4. The zero-order valence-corrected chi connectivity index (χ0v) is 13.0. The van der Waals surface area contributed by atoms with E-state index in [0.29, 0.717) is 11.9 Å². The summed E-state index contributed by atoms with van der Waals surface area (Å²) in [6, 6.07) is 7.84. The molecule has 0 aliphatic carbocycles. The van der Waals surface area contributed by atoms with Crippen LogP contribution in [0, 0.1) is 0 Å². The molecule has 0 radical (unpaired) electrons. The lowest BCUT2D eigenvalue weighted by molar-refractivity contribution is -0.147. The third-order valence-corrected chi connectivity index (χ3v) is 2.98. The van der Waals surface area contributed by atoms with Gasteiger partial charge in [0.2, 0.25) is 12.0 Å².